The average Bonchev–Trinajstić information content (AvgIpc) is 2.82. The van der Waals surface area contributed by atoms with Crippen molar-refractivity contribution in [1.29, 1.82) is 0 Å². The van der Waals surface area contributed by atoms with Gasteiger partial charge in [0.15, 0.2) is 0 Å². The van der Waals surface area contributed by atoms with E-state index >= 15 is 0 Å². The molecule has 0 aliphatic heterocycles. The van der Waals surface area contributed by atoms with Crippen LogP contribution in [0.2, 0.25) is 0 Å². The molecule has 2 aliphatic rings. The Balaban J connectivity index is 1.60. The first-order valence-electron chi connectivity index (χ1n) is 7.82. The Morgan fingerprint density at radius 1 is 1.25 bits per heavy atom. The van der Waals surface area contributed by atoms with E-state index in [1.54, 1.807) is 0 Å². The van der Waals surface area contributed by atoms with E-state index in [0.717, 1.165) is 38.5 Å². The molecule has 3 nitrogen and oxygen atoms in total. The van der Waals surface area contributed by atoms with Crippen molar-refractivity contribution in [3.63, 3.8) is 0 Å². The highest BCUT2D eigenvalue weighted by molar-refractivity contribution is 5.78. The quantitative estimate of drug-likeness (QED) is 0.889. The number of aryl methyl sites for hydroxylation is 1. The molecule has 1 saturated carbocycles. The lowest BCUT2D eigenvalue weighted by atomic mass is 9.80. The lowest BCUT2D eigenvalue weighted by molar-refractivity contribution is -0.123. The summed E-state index contributed by atoms with van der Waals surface area (Å²) < 4.78 is 0. The maximum Gasteiger partial charge on any atom is 0.222 e. The lowest BCUT2D eigenvalue weighted by Gasteiger charge is -2.33. The minimum Gasteiger partial charge on any atom is -0.349 e. The number of nitrogens with two attached hydrogens (primary N) is 1. The van der Waals surface area contributed by atoms with Crippen LogP contribution < -0.4 is 11.1 Å². The number of carbonyl (C=O) groups is 1. The molecule has 1 unspecified atom stereocenters. The number of amides is 1. The van der Waals surface area contributed by atoms with Crippen molar-refractivity contribution in [3.8, 4) is 0 Å². The van der Waals surface area contributed by atoms with Gasteiger partial charge in [0.1, 0.15) is 0 Å². The Morgan fingerprint density at radius 3 is 2.80 bits per heavy atom. The number of hydrogen-bond donors (Lipinski definition) is 2. The van der Waals surface area contributed by atoms with Gasteiger partial charge in [-0.05, 0) is 36.8 Å². The highest BCUT2D eigenvalue weighted by Gasteiger charge is 2.31. The molecular formula is C17H24N2O. The van der Waals surface area contributed by atoms with E-state index in [4.69, 9.17) is 5.73 Å². The van der Waals surface area contributed by atoms with Gasteiger partial charge in [0.2, 0.25) is 5.91 Å². The van der Waals surface area contributed by atoms with E-state index < -0.39 is 0 Å². The summed E-state index contributed by atoms with van der Waals surface area (Å²) in [7, 11) is 0. The van der Waals surface area contributed by atoms with Gasteiger partial charge in [-0.25, -0.2) is 0 Å². The smallest absolute Gasteiger partial charge is 0.222 e. The first kappa shape index (κ1) is 13.6. The molecule has 108 valence electrons. The van der Waals surface area contributed by atoms with Crippen LogP contribution in [-0.4, -0.2) is 11.4 Å². The van der Waals surface area contributed by atoms with E-state index in [2.05, 4.69) is 29.6 Å². The molecule has 3 heteroatoms. The number of benzene rings is 1. The standard InChI is InChI=1S/C17H24N2O/c18-17(10-4-1-5-11-17)12-16(20)19-15-9-8-13-6-2-3-7-14(13)15/h2-3,6-7,15H,1,4-5,8-12,18H2,(H,19,20). The third-order valence-corrected chi connectivity index (χ3v) is 4.83. The molecule has 3 rings (SSSR count). The largest absolute Gasteiger partial charge is 0.349 e. The summed E-state index contributed by atoms with van der Waals surface area (Å²) in [6.07, 6.45) is 8.12. The average molecular weight is 272 g/mol. The highest BCUT2D eigenvalue weighted by atomic mass is 16.1. The Hall–Kier alpha value is -1.35. The molecular weight excluding hydrogens is 248 g/mol. The van der Waals surface area contributed by atoms with Crippen molar-refractivity contribution in [2.24, 2.45) is 5.73 Å². The molecule has 0 saturated heterocycles. The van der Waals surface area contributed by atoms with Crippen molar-refractivity contribution < 1.29 is 4.79 Å². The molecule has 0 heterocycles. The SMILES string of the molecule is NC1(CC(=O)NC2CCc3ccccc32)CCCCC1. The normalized spacial score (nSPS) is 24.1. The molecule has 0 aromatic heterocycles. The second kappa shape index (κ2) is 5.57. The fourth-order valence-corrected chi connectivity index (χ4v) is 3.70. The van der Waals surface area contributed by atoms with Gasteiger partial charge in [-0.2, -0.15) is 0 Å². The fourth-order valence-electron chi connectivity index (χ4n) is 3.70. The van der Waals surface area contributed by atoms with Crippen LogP contribution in [0.1, 0.15) is 62.1 Å². The monoisotopic (exact) mass is 272 g/mol. The van der Waals surface area contributed by atoms with Crippen molar-refractivity contribution in [2.45, 2.75) is 62.9 Å². The third kappa shape index (κ3) is 2.88. The van der Waals surface area contributed by atoms with Crippen molar-refractivity contribution >= 4 is 5.91 Å². The maximum atomic E-state index is 12.3. The van der Waals surface area contributed by atoms with Crippen LogP contribution in [0.3, 0.4) is 0 Å². The molecule has 1 aromatic rings. The first-order chi connectivity index (χ1) is 9.66. The van der Waals surface area contributed by atoms with Gasteiger partial charge in [0, 0.05) is 12.0 Å². The van der Waals surface area contributed by atoms with Crippen LogP contribution in [0, 0.1) is 0 Å². The molecule has 1 amide bonds. The molecule has 3 N–H and O–H groups in total. The van der Waals surface area contributed by atoms with Gasteiger partial charge in [-0.15, -0.1) is 0 Å². The van der Waals surface area contributed by atoms with E-state index in [9.17, 15) is 4.79 Å². The fraction of sp³-hybridized carbons (Fsp3) is 0.588. The van der Waals surface area contributed by atoms with Gasteiger partial charge < -0.3 is 11.1 Å². The van der Waals surface area contributed by atoms with Crippen LogP contribution in [0.5, 0.6) is 0 Å². The number of fused-ring (bicyclic) bond motifs is 1. The van der Waals surface area contributed by atoms with Crippen LogP contribution in [0.4, 0.5) is 0 Å². The summed E-state index contributed by atoms with van der Waals surface area (Å²) in [6.45, 7) is 0. The van der Waals surface area contributed by atoms with Crippen LogP contribution in [0.15, 0.2) is 24.3 Å². The van der Waals surface area contributed by atoms with Crippen molar-refractivity contribution in [2.75, 3.05) is 0 Å². The van der Waals surface area contributed by atoms with E-state index in [1.165, 1.54) is 17.5 Å². The summed E-state index contributed by atoms with van der Waals surface area (Å²) >= 11 is 0. The summed E-state index contributed by atoms with van der Waals surface area (Å²) in [6, 6.07) is 8.60. The molecule has 20 heavy (non-hydrogen) atoms. The third-order valence-electron chi connectivity index (χ3n) is 4.83. The molecule has 1 aromatic carbocycles. The number of nitrogens with one attached hydrogen (secondary N) is 1. The van der Waals surface area contributed by atoms with Crippen molar-refractivity contribution in [1.82, 2.24) is 5.32 Å². The summed E-state index contributed by atoms with van der Waals surface area (Å²) in [5, 5.41) is 3.19. The Morgan fingerprint density at radius 2 is 2.00 bits per heavy atom. The zero-order valence-electron chi connectivity index (χ0n) is 12.0. The summed E-state index contributed by atoms with van der Waals surface area (Å²) in [5.74, 6) is 0.121. The maximum absolute atomic E-state index is 12.3. The lowest BCUT2D eigenvalue weighted by Crippen LogP contribution is -2.46. The zero-order chi connectivity index (χ0) is 14.0. The summed E-state index contributed by atoms with van der Waals surface area (Å²) in [4.78, 5) is 12.3. The second-order valence-corrected chi connectivity index (χ2v) is 6.46. The van der Waals surface area contributed by atoms with Crippen LogP contribution in [-0.2, 0) is 11.2 Å². The van der Waals surface area contributed by atoms with Gasteiger partial charge in [0.05, 0.1) is 6.04 Å². The molecule has 1 fully saturated rings. The minimum atomic E-state index is -0.263. The van der Waals surface area contributed by atoms with E-state index in [1.807, 2.05) is 0 Å². The number of hydrogen-bond acceptors (Lipinski definition) is 2. The van der Waals surface area contributed by atoms with Crippen LogP contribution >= 0.6 is 0 Å². The van der Waals surface area contributed by atoms with Gasteiger partial charge in [-0.3, -0.25) is 4.79 Å². The molecule has 0 radical (unpaired) electrons. The second-order valence-electron chi connectivity index (χ2n) is 6.46. The van der Waals surface area contributed by atoms with E-state index in [-0.39, 0.29) is 17.5 Å². The molecule has 0 bridgehead atoms. The minimum absolute atomic E-state index is 0.121. The van der Waals surface area contributed by atoms with Crippen molar-refractivity contribution in [3.05, 3.63) is 35.4 Å². The van der Waals surface area contributed by atoms with Gasteiger partial charge in [0.25, 0.3) is 0 Å². The molecule has 1 atom stereocenters. The van der Waals surface area contributed by atoms with E-state index in [0.29, 0.717) is 6.42 Å². The number of carbonyl (C=O) groups excluding carboxylic acids is 1. The molecule has 0 spiro atoms. The van der Waals surface area contributed by atoms with Gasteiger partial charge in [-0.1, -0.05) is 43.5 Å². The van der Waals surface area contributed by atoms with Gasteiger partial charge >= 0.3 is 0 Å². The predicted octanol–water partition coefficient (Wildman–Crippen LogP) is 2.84. The zero-order valence-corrected chi connectivity index (χ0v) is 12.0. The summed E-state index contributed by atoms with van der Waals surface area (Å²) in [5.41, 5.74) is 8.77. The predicted molar refractivity (Wildman–Crippen MR) is 80.3 cm³/mol. The highest BCUT2D eigenvalue weighted by Crippen LogP contribution is 2.32. The Labute approximate surface area is 120 Å². The van der Waals surface area contributed by atoms with Crippen LogP contribution in [0.25, 0.3) is 0 Å². The Kier molecular flexibility index (Phi) is 3.79. The topological polar surface area (TPSA) is 55.1 Å². The first-order valence-corrected chi connectivity index (χ1v) is 7.82. The number of rotatable bonds is 3. The Bertz CT molecular complexity index is 492. The molecule has 2 aliphatic carbocycles.